The maximum Gasteiger partial charge on any atom is 0.312 e. The number of imide groups is 1. The van der Waals surface area contributed by atoms with Crippen molar-refractivity contribution in [1.82, 2.24) is 26.2 Å². The molecule has 320 valence electrons. The summed E-state index contributed by atoms with van der Waals surface area (Å²) in [7, 11) is 0. The molecule has 2 atom stereocenters. The first kappa shape index (κ1) is 49.8. The van der Waals surface area contributed by atoms with E-state index in [2.05, 4.69) is 21.3 Å². The summed E-state index contributed by atoms with van der Waals surface area (Å²) in [5.41, 5.74) is 5.13. The van der Waals surface area contributed by atoms with Gasteiger partial charge in [-0.1, -0.05) is 20.3 Å². The Bertz CT molecular complexity index is 1200. The van der Waals surface area contributed by atoms with Gasteiger partial charge in [-0.3, -0.25) is 33.7 Å². The van der Waals surface area contributed by atoms with Gasteiger partial charge in [0.05, 0.1) is 85.7 Å². The average molecular weight is 803 g/mol. The summed E-state index contributed by atoms with van der Waals surface area (Å²) in [5, 5.41) is 19.2. The van der Waals surface area contributed by atoms with Crippen LogP contribution < -0.4 is 27.0 Å². The van der Waals surface area contributed by atoms with E-state index in [1.165, 1.54) is 12.2 Å². The zero-order valence-electron chi connectivity index (χ0n) is 32.7. The molecule has 20 nitrogen and oxygen atoms in total. The fourth-order valence-corrected chi connectivity index (χ4v) is 4.94. The molecule has 0 radical (unpaired) electrons. The van der Waals surface area contributed by atoms with Crippen LogP contribution in [-0.2, 0) is 57.2 Å². The lowest BCUT2D eigenvalue weighted by Gasteiger charge is -2.25. The number of aliphatic carboxylic acids is 1. The number of nitrogens with one attached hydrogen (secondary N) is 4. The Morgan fingerprint density at radius 1 is 0.643 bits per heavy atom. The summed E-state index contributed by atoms with van der Waals surface area (Å²) in [4.78, 5) is 85.0. The molecule has 0 saturated carbocycles. The van der Waals surface area contributed by atoms with E-state index >= 15 is 0 Å². The Kier molecular flexibility index (Phi) is 28.4. The third-order valence-electron chi connectivity index (χ3n) is 7.92. The van der Waals surface area contributed by atoms with E-state index in [1.54, 1.807) is 13.8 Å². The molecule has 0 aromatic rings. The number of carboxylic acid groups (broad SMARTS) is 1. The van der Waals surface area contributed by atoms with Gasteiger partial charge in [0, 0.05) is 38.2 Å². The van der Waals surface area contributed by atoms with E-state index in [4.69, 9.17) is 39.3 Å². The number of amides is 7. The van der Waals surface area contributed by atoms with Gasteiger partial charge < -0.3 is 60.5 Å². The Labute approximate surface area is 328 Å². The second-order valence-corrected chi connectivity index (χ2v) is 12.9. The molecule has 1 aliphatic rings. The van der Waals surface area contributed by atoms with Gasteiger partial charge in [-0.05, 0) is 31.6 Å². The molecule has 0 aromatic heterocycles. The van der Waals surface area contributed by atoms with Crippen molar-refractivity contribution >= 4 is 41.5 Å². The largest absolute Gasteiger partial charge is 0.481 e. The minimum absolute atomic E-state index is 0.0370. The predicted molar refractivity (Wildman–Crippen MR) is 200 cm³/mol. The average Bonchev–Trinajstić information content (AvgIpc) is 3.47. The van der Waals surface area contributed by atoms with Crippen molar-refractivity contribution in [2.45, 2.75) is 70.9 Å². The molecule has 0 unspecified atom stereocenters. The van der Waals surface area contributed by atoms with Crippen LogP contribution in [0.4, 0.5) is 4.79 Å². The van der Waals surface area contributed by atoms with Crippen LogP contribution in [0, 0.1) is 5.92 Å². The molecule has 0 bridgehead atoms. The van der Waals surface area contributed by atoms with Crippen LogP contribution in [0.25, 0.3) is 0 Å². The fourth-order valence-electron chi connectivity index (χ4n) is 4.94. The van der Waals surface area contributed by atoms with E-state index in [0.717, 1.165) is 4.90 Å². The molecule has 56 heavy (non-hydrogen) atoms. The molecular formula is C36H62N6O14. The summed E-state index contributed by atoms with van der Waals surface area (Å²) in [6.45, 7) is 8.12. The molecule has 0 aromatic carbocycles. The molecule has 7 N–H and O–H groups in total. The third kappa shape index (κ3) is 25.8. The van der Waals surface area contributed by atoms with Gasteiger partial charge in [0.1, 0.15) is 12.1 Å². The monoisotopic (exact) mass is 802 g/mol. The SMILES string of the molecule is CC(C)[C@H](NC(=O)CCCCCN1C(=O)C=CC1=O)C(=O)N[C@@H](CCCNC(N)=O)C(=O)NCCOCCOCCOCCOCCOCCOCCC(=O)O. The number of unbranched alkanes of at least 4 members (excludes halogenated alkanes) is 2. The molecule has 1 rings (SSSR count). The molecule has 20 heteroatoms. The van der Waals surface area contributed by atoms with E-state index in [-0.39, 0.29) is 82.4 Å². The molecule has 7 amide bonds. The van der Waals surface area contributed by atoms with Gasteiger partial charge in [0.15, 0.2) is 0 Å². The van der Waals surface area contributed by atoms with Crippen molar-refractivity contribution < 1.29 is 67.1 Å². The normalized spacial score (nSPS) is 13.5. The zero-order valence-corrected chi connectivity index (χ0v) is 32.7. The van der Waals surface area contributed by atoms with Gasteiger partial charge in [-0.15, -0.1) is 0 Å². The van der Waals surface area contributed by atoms with Crippen molar-refractivity contribution in [3.05, 3.63) is 12.2 Å². The minimum Gasteiger partial charge on any atom is -0.481 e. The number of urea groups is 1. The van der Waals surface area contributed by atoms with Crippen LogP contribution in [0.15, 0.2) is 12.2 Å². The molecule has 0 fully saturated rings. The van der Waals surface area contributed by atoms with E-state index in [0.29, 0.717) is 85.1 Å². The maximum atomic E-state index is 13.3. The lowest BCUT2D eigenvalue weighted by atomic mass is 10.0. The highest BCUT2D eigenvalue weighted by molar-refractivity contribution is 6.12. The number of carbonyl (C=O) groups is 7. The fraction of sp³-hybridized carbons (Fsp3) is 0.750. The second kappa shape index (κ2) is 31.9. The highest BCUT2D eigenvalue weighted by Crippen LogP contribution is 2.09. The smallest absolute Gasteiger partial charge is 0.312 e. The van der Waals surface area contributed by atoms with E-state index < -0.39 is 35.9 Å². The predicted octanol–water partition coefficient (Wildman–Crippen LogP) is -0.764. The van der Waals surface area contributed by atoms with Crippen LogP contribution in [0.2, 0.25) is 0 Å². The van der Waals surface area contributed by atoms with Gasteiger partial charge >= 0.3 is 12.0 Å². The van der Waals surface area contributed by atoms with Crippen LogP contribution >= 0.6 is 0 Å². The first-order valence-electron chi connectivity index (χ1n) is 19.0. The Morgan fingerprint density at radius 3 is 1.66 bits per heavy atom. The van der Waals surface area contributed by atoms with Gasteiger partial charge in [-0.2, -0.15) is 0 Å². The number of nitrogens with zero attached hydrogens (tertiary/aromatic N) is 1. The Balaban J connectivity index is 2.26. The highest BCUT2D eigenvalue weighted by Gasteiger charge is 2.29. The summed E-state index contributed by atoms with van der Waals surface area (Å²) in [5.74, 6) is -3.21. The molecule has 1 heterocycles. The first-order valence-corrected chi connectivity index (χ1v) is 19.0. The van der Waals surface area contributed by atoms with E-state index in [1.807, 2.05) is 0 Å². The lowest BCUT2D eigenvalue weighted by molar-refractivity contribution is -0.139. The van der Waals surface area contributed by atoms with Gasteiger partial charge in [-0.25, -0.2) is 4.79 Å². The molecule has 0 spiro atoms. The molecule has 0 aliphatic carbocycles. The standard InChI is InChI=1S/C36H62N6O14/c1-27(2)33(41-29(43)8-4-3-5-14-42-30(44)9-10-31(42)45)35(49)40-28(7-6-12-39-36(37)50)34(48)38-13-16-52-18-20-54-22-24-56-26-25-55-23-21-53-19-17-51-15-11-32(46)47/h9-10,27-28,33H,3-8,11-26H2,1-2H3,(H,38,48)(H,40,49)(H,41,43)(H,46,47)(H3,37,39,50)/t28-,33-/m0/s1. The highest BCUT2D eigenvalue weighted by atomic mass is 16.6. The molecule has 1 aliphatic heterocycles. The summed E-state index contributed by atoms with van der Waals surface area (Å²) in [6.07, 6.45) is 4.75. The number of nitrogens with two attached hydrogens (primary N) is 1. The number of hydrogen-bond donors (Lipinski definition) is 6. The van der Waals surface area contributed by atoms with Crippen LogP contribution in [-0.4, -0.2) is 163 Å². The lowest BCUT2D eigenvalue weighted by Crippen LogP contribution is -2.55. The van der Waals surface area contributed by atoms with Gasteiger partial charge in [0.25, 0.3) is 11.8 Å². The van der Waals surface area contributed by atoms with Crippen molar-refractivity contribution in [1.29, 1.82) is 0 Å². The topological polar surface area (TPSA) is 272 Å². The van der Waals surface area contributed by atoms with E-state index in [9.17, 15) is 33.6 Å². The summed E-state index contributed by atoms with van der Waals surface area (Å²) in [6, 6.07) is -2.57. The zero-order chi connectivity index (χ0) is 41.4. The summed E-state index contributed by atoms with van der Waals surface area (Å²) >= 11 is 0. The number of primary amides is 1. The second-order valence-electron chi connectivity index (χ2n) is 12.9. The maximum absolute atomic E-state index is 13.3. The quantitative estimate of drug-likeness (QED) is 0.0336. The van der Waals surface area contributed by atoms with Crippen LogP contribution in [0.1, 0.15) is 58.8 Å². The van der Waals surface area contributed by atoms with Crippen LogP contribution in [0.3, 0.4) is 0 Å². The minimum atomic E-state index is -0.953. The van der Waals surface area contributed by atoms with Crippen molar-refractivity contribution in [2.24, 2.45) is 11.7 Å². The summed E-state index contributed by atoms with van der Waals surface area (Å²) < 4.78 is 32.3. The number of carboxylic acids is 1. The van der Waals surface area contributed by atoms with Crippen LogP contribution in [0.5, 0.6) is 0 Å². The number of hydrogen-bond acceptors (Lipinski definition) is 13. The Hall–Kier alpha value is -4.21. The van der Waals surface area contributed by atoms with Crippen molar-refractivity contribution in [2.75, 3.05) is 98.9 Å². The van der Waals surface area contributed by atoms with Crippen molar-refractivity contribution in [3.63, 3.8) is 0 Å². The molecular weight excluding hydrogens is 740 g/mol. The first-order chi connectivity index (χ1) is 26.9. The molecule has 0 saturated heterocycles. The Morgan fingerprint density at radius 2 is 1.16 bits per heavy atom. The van der Waals surface area contributed by atoms with Crippen molar-refractivity contribution in [3.8, 4) is 0 Å². The number of rotatable bonds is 36. The number of ether oxygens (including phenoxy) is 6. The van der Waals surface area contributed by atoms with Gasteiger partial charge in [0.2, 0.25) is 17.7 Å². The third-order valence-corrected chi connectivity index (χ3v) is 7.92. The number of carbonyl (C=O) groups excluding carboxylic acids is 6.